The molecule has 0 aliphatic rings. The van der Waals surface area contributed by atoms with Crippen LogP contribution in [0.3, 0.4) is 0 Å². The standard InChI is InChI=1S/C10H18O4S2.C2H4OS/c1-7(11)15-9(3)13-5-6-14-10(4)16-8(2)12;1-2(3)4/h9-10H,5-6H2,1-4H3;1H3,(H,3,4). The lowest BCUT2D eigenvalue weighted by molar-refractivity contribution is -0.110. The summed E-state index contributed by atoms with van der Waals surface area (Å²) in [5.41, 5.74) is -0.311. The van der Waals surface area contributed by atoms with Gasteiger partial charge in [-0.3, -0.25) is 14.4 Å². The molecule has 0 N–H and O–H groups in total. The second-order valence-electron chi connectivity index (χ2n) is 3.61. The second-order valence-corrected chi connectivity index (χ2v) is 7.19. The van der Waals surface area contributed by atoms with E-state index in [1.165, 1.54) is 20.8 Å². The van der Waals surface area contributed by atoms with Crippen LogP contribution < -0.4 is 0 Å². The molecule has 2 atom stereocenters. The Morgan fingerprint density at radius 3 is 1.35 bits per heavy atom. The van der Waals surface area contributed by atoms with Crippen LogP contribution in [0.5, 0.6) is 0 Å². The molecule has 0 rings (SSSR count). The molecule has 0 aromatic heterocycles. The van der Waals surface area contributed by atoms with Crippen LogP contribution in [0.4, 0.5) is 0 Å². The summed E-state index contributed by atoms with van der Waals surface area (Å²) >= 11 is 5.62. The molecular formula is C12H22O5S3. The van der Waals surface area contributed by atoms with E-state index in [9.17, 15) is 14.4 Å². The summed E-state index contributed by atoms with van der Waals surface area (Å²) in [6, 6.07) is 0. The van der Waals surface area contributed by atoms with Crippen LogP contribution in [0.1, 0.15) is 34.6 Å². The molecule has 0 aromatic carbocycles. The molecule has 0 radical (unpaired) electrons. The van der Waals surface area contributed by atoms with E-state index in [0.717, 1.165) is 23.5 Å². The van der Waals surface area contributed by atoms with E-state index in [0.29, 0.717) is 13.2 Å². The summed E-state index contributed by atoms with van der Waals surface area (Å²) < 4.78 is 10.7. The third-order valence-electron chi connectivity index (χ3n) is 1.45. The monoisotopic (exact) mass is 342 g/mol. The van der Waals surface area contributed by atoms with Crippen molar-refractivity contribution in [3.63, 3.8) is 0 Å². The van der Waals surface area contributed by atoms with Crippen LogP contribution in [-0.4, -0.2) is 39.4 Å². The predicted molar refractivity (Wildman–Crippen MR) is 87.0 cm³/mol. The van der Waals surface area contributed by atoms with Crippen LogP contribution in [0.2, 0.25) is 0 Å². The minimum atomic E-state index is -0.156. The van der Waals surface area contributed by atoms with E-state index in [1.54, 1.807) is 0 Å². The van der Waals surface area contributed by atoms with E-state index in [2.05, 4.69) is 12.6 Å². The Morgan fingerprint density at radius 2 is 1.15 bits per heavy atom. The van der Waals surface area contributed by atoms with Crippen LogP contribution in [0.15, 0.2) is 0 Å². The summed E-state index contributed by atoms with van der Waals surface area (Å²) in [6.45, 7) is 8.89. The molecule has 0 aromatic rings. The molecule has 0 fully saturated rings. The molecule has 20 heavy (non-hydrogen) atoms. The van der Waals surface area contributed by atoms with Crippen molar-refractivity contribution >= 4 is 51.5 Å². The molecule has 118 valence electrons. The van der Waals surface area contributed by atoms with E-state index >= 15 is 0 Å². The third kappa shape index (κ3) is 23.1. The molecule has 0 aliphatic heterocycles. The van der Waals surface area contributed by atoms with Crippen molar-refractivity contribution in [2.24, 2.45) is 0 Å². The molecule has 5 nitrogen and oxygen atoms in total. The van der Waals surface area contributed by atoms with Gasteiger partial charge in [-0.2, -0.15) is 0 Å². The molecule has 0 saturated carbocycles. The topological polar surface area (TPSA) is 69.7 Å². The largest absolute Gasteiger partial charge is 0.365 e. The number of hydrogen-bond donors (Lipinski definition) is 1. The summed E-state index contributed by atoms with van der Waals surface area (Å²) in [6.07, 6.45) is 0. The summed E-state index contributed by atoms with van der Waals surface area (Å²) in [4.78, 5) is 30.8. The molecule has 0 spiro atoms. The van der Waals surface area contributed by atoms with Gasteiger partial charge < -0.3 is 9.47 Å². The molecular weight excluding hydrogens is 320 g/mol. The van der Waals surface area contributed by atoms with Gasteiger partial charge in [0.05, 0.1) is 13.2 Å². The van der Waals surface area contributed by atoms with Gasteiger partial charge in [0.2, 0.25) is 0 Å². The summed E-state index contributed by atoms with van der Waals surface area (Å²) in [5.74, 6) is 0. The molecule has 0 amide bonds. The first-order chi connectivity index (χ1) is 9.15. The Balaban J connectivity index is 0. The van der Waals surface area contributed by atoms with Crippen LogP contribution in [0, 0.1) is 0 Å². The Kier molecular flexibility index (Phi) is 15.5. The van der Waals surface area contributed by atoms with Gasteiger partial charge in [-0.15, -0.1) is 12.6 Å². The smallest absolute Gasteiger partial charge is 0.188 e. The van der Waals surface area contributed by atoms with Crippen molar-refractivity contribution in [3.05, 3.63) is 0 Å². The van der Waals surface area contributed by atoms with Gasteiger partial charge in [0.25, 0.3) is 0 Å². The highest BCUT2D eigenvalue weighted by atomic mass is 32.2. The zero-order valence-electron chi connectivity index (χ0n) is 12.4. The van der Waals surface area contributed by atoms with E-state index in [4.69, 9.17) is 9.47 Å². The lowest BCUT2D eigenvalue weighted by atomic mass is 10.7. The van der Waals surface area contributed by atoms with Gasteiger partial charge in [0, 0.05) is 20.8 Å². The Morgan fingerprint density at radius 1 is 0.900 bits per heavy atom. The first-order valence-corrected chi connectivity index (χ1v) is 8.13. The maximum absolute atomic E-state index is 10.7. The third-order valence-corrected chi connectivity index (χ3v) is 3.05. The van der Waals surface area contributed by atoms with Gasteiger partial charge in [0.15, 0.2) is 15.3 Å². The summed E-state index contributed by atoms with van der Waals surface area (Å²) in [7, 11) is 0. The number of thioether (sulfide) groups is 2. The van der Waals surface area contributed by atoms with E-state index in [-0.39, 0.29) is 26.2 Å². The highest BCUT2D eigenvalue weighted by Crippen LogP contribution is 2.14. The Hall–Kier alpha value is -0.0200. The van der Waals surface area contributed by atoms with Crippen molar-refractivity contribution in [3.8, 4) is 0 Å². The van der Waals surface area contributed by atoms with Crippen molar-refractivity contribution in [2.45, 2.75) is 45.5 Å². The van der Waals surface area contributed by atoms with Gasteiger partial charge in [-0.25, -0.2) is 0 Å². The normalized spacial score (nSPS) is 12.9. The van der Waals surface area contributed by atoms with Gasteiger partial charge in [-0.05, 0) is 13.8 Å². The predicted octanol–water partition coefficient (Wildman–Crippen LogP) is 2.73. The first-order valence-electron chi connectivity index (χ1n) is 5.92. The lowest BCUT2D eigenvalue weighted by Gasteiger charge is -2.13. The van der Waals surface area contributed by atoms with Crippen molar-refractivity contribution < 1.29 is 23.9 Å². The molecule has 0 aliphatic carbocycles. The van der Waals surface area contributed by atoms with Crippen molar-refractivity contribution in [1.82, 2.24) is 0 Å². The van der Waals surface area contributed by atoms with E-state index in [1.807, 2.05) is 13.8 Å². The average Bonchev–Trinajstić information content (AvgIpc) is 2.21. The second kappa shape index (κ2) is 13.9. The number of hydrogen-bond acceptors (Lipinski definition) is 7. The highest BCUT2D eigenvalue weighted by Gasteiger charge is 2.08. The Labute approximate surface area is 134 Å². The number of carbonyl (C=O) groups is 3. The van der Waals surface area contributed by atoms with Crippen LogP contribution in [0.25, 0.3) is 0 Å². The van der Waals surface area contributed by atoms with Crippen molar-refractivity contribution in [1.29, 1.82) is 0 Å². The van der Waals surface area contributed by atoms with Gasteiger partial charge >= 0.3 is 0 Å². The van der Waals surface area contributed by atoms with Crippen LogP contribution in [-0.2, 0) is 23.9 Å². The summed E-state index contributed by atoms with van der Waals surface area (Å²) in [5, 5.41) is -0.0668. The minimum Gasteiger partial charge on any atom is -0.365 e. The van der Waals surface area contributed by atoms with Gasteiger partial charge in [0.1, 0.15) is 10.9 Å². The van der Waals surface area contributed by atoms with Gasteiger partial charge in [-0.1, -0.05) is 23.5 Å². The molecule has 2 unspecified atom stereocenters. The Bertz CT molecular complexity index is 281. The average molecular weight is 343 g/mol. The maximum atomic E-state index is 10.7. The molecule has 0 bridgehead atoms. The number of rotatable bonds is 7. The maximum Gasteiger partial charge on any atom is 0.188 e. The number of carbonyl (C=O) groups excluding carboxylic acids is 3. The fraction of sp³-hybridized carbons (Fsp3) is 0.750. The number of ether oxygens (including phenoxy) is 2. The zero-order chi connectivity index (χ0) is 16.1. The first kappa shape index (κ1) is 22.3. The quantitative estimate of drug-likeness (QED) is 0.433. The number of thiol groups is 1. The van der Waals surface area contributed by atoms with Crippen molar-refractivity contribution in [2.75, 3.05) is 13.2 Å². The fourth-order valence-corrected chi connectivity index (χ4v) is 2.23. The van der Waals surface area contributed by atoms with E-state index < -0.39 is 0 Å². The van der Waals surface area contributed by atoms with Crippen LogP contribution >= 0.6 is 36.2 Å². The zero-order valence-corrected chi connectivity index (χ0v) is 14.9. The lowest BCUT2D eigenvalue weighted by Crippen LogP contribution is -2.14. The molecule has 8 heteroatoms. The molecule has 0 heterocycles. The molecule has 0 saturated heterocycles. The minimum absolute atomic E-state index is 0.0360. The highest BCUT2D eigenvalue weighted by molar-refractivity contribution is 8.14. The fourth-order valence-electron chi connectivity index (χ4n) is 0.964. The SMILES string of the molecule is CC(=O)S.CC(=O)SC(C)OCCOC(C)SC(C)=O.